The van der Waals surface area contributed by atoms with E-state index in [1.807, 2.05) is 11.8 Å². The molecule has 1 aromatic heterocycles. The molecule has 0 unspecified atom stereocenters. The number of carbonyl (C=O) groups excluding carboxylic acids is 1. The molecule has 0 radical (unpaired) electrons. The Bertz CT molecular complexity index is 507. The molecular weight excluding hydrogens is 277 g/mol. The Morgan fingerprint density at radius 1 is 1.50 bits per heavy atom. The van der Waals surface area contributed by atoms with Crippen molar-refractivity contribution in [2.75, 3.05) is 31.2 Å². The summed E-state index contributed by atoms with van der Waals surface area (Å²) >= 11 is 1.86. The number of nitrogens with zero attached hydrogens (tertiary/aromatic N) is 2. The van der Waals surface area contributed by atoms with Crippen molar-refractivity contribution in [1.82, 2.24) is 9.88 Å². The zero-order valence-electron chi connectivity index (χ0n) is 12.1. The number of rotatable bonds is 2. The SMILES string of the molecule is CNc1nccc(C(=O)N2CCSC(C)(C)CC2)c1F. The Morgan fingerprint density at radius 3 is 2.95 bits per heavy atom. The molecule has 0 aromatic carbocycles. The van der Waals surface area contributed by atoms with Crippen LogP contribution in [-0.4, -0.2) is 46.4 Å². The van der Waals surface area contributed by atoms with E-state index in [9.17, 15) is 9.18 Å². The fraction of sp³-hybridized carbons (Fsp3) is 0.571. The Hall–Kier alpha value is -1.30. The predicted octanol–water partition coefficient (Wildman–Crippen LogP) is 2.62. The fourth-order valence-corrected chi connectivity index (χ4v) is 3.28. The molecule has 2 rings (SSSR count). The van der Waals surface area contributed by atoms with E-state index in [4.69, 9.17) is 0 Å². The molecule has 4 nitrogen and oxygen atoms in total. The third-order valence-electron chi connectivity index (χ3n) is 3.48. The number of aromatic nitrogens is 1. The summed E-state index contributed by atoms with van der Waals surface area (Å²) in [6.07, 6.45) is 2.37. The number of amides is 1. The molecule has 0 aliphatic carbocycles. The van der Waals surface area contributed by atoms with Crippen LogP contribution in [0.2, 0.25) is 0 Å². The number of halogens is 1. The second-order valence-electron chi connectivity index (χ2n) is 5.42. The maximum Gasteiger partial charge on any atom is 0.257 e. The van der Waals surface area contributed by atoms with E-state index in [0.717, 1.165) is 12.2 Å². The van der Waals surface area contributed by atoms with Crippen molar-refractivity contribution in [1.29, 1.82) is 0 Å². The number of nitrogens with one attached hydrogen (secondary N) is 1. The van der Waals surface area contributed by atoms with E-state index in [1.54, 1.807) is 11.9 Å². The number of hydrogen-bond donors (Lipinski definition) is 1. The van der Waals surface area contributed by atoms with Crippen molar-refractivity contribution in [3.8, 4) is 0 Å². The van der Waals surface area contributed by atoms with Crippen LogP contribution in [0.15, 0.2) is 12.3 Å². The molecule has 1 saturated heterocycles. The zero-order chi connectivity index (χ0) is 14.8. The van der Waals surface area contributed by atoms with E-state index in [0.29, 0.717) is 13.1 Å². The average Bonchev–Trinajstić information content (AvgIpc) is 2.59. The van der Waals surface area contributed by atoms with Gasteiger partial charge in [0.1, 0.15) is 0 Å². The molecule has 0 bridgehead atoms. The summed E-state index contributed by atoms with van der Waals surface area (Å²) in [6, 6.07) is 1.45. The van der Waals surface area contributed by atoms with Crippen molar-refractivity contribution in [3.05, 3.63) is 23.6 Å². The van der Waals surface area contributed by atoms with Crippen LogP contribution in [-0.2, 0) is 0 Å². The summed E-state index contributed by atoms with van der Waals surface area (Å²) in [7, 11) is 1.59. The van der Waals surface area contributed by atoms with Gasteiger partial charge in [0.05, 0.1) is 5.56 Å². The molecule has 1 aromatic rings. The largest absolute Gasteiger partial charge is 0.371 e. The van der Waals surface area contributed by atoms with E-state index in [1.165, 1.54) is 12.3 Å². The predicted molar refractivity (Wildman–Crippen MR) is 80.8 cm³/mol. The monoisotopic (exact) mass is 297 g/mol. The molecular formula is C14H20FN3OS. The third kappa shape index (κ3) is 3.23. The normalized spacial score (nSPS) is 18.5. The van der Waals surface area contributed by atoms with Gasteiger partial charge in [-0.05, 0) is 12.5 Å². The van der Waals surface area contributed by atoms with Gasteiger partial charge in [-0.25, -0.2) is 9.37 Å². The molecule has 1 aliphatic rings. The second kappa shape index (κ2) is 5.99. The standard InChI is InChI=1S/C14H20FN3OS/c1-14(2)5-7-18(8-9-20-14)13(19)10-4-6-17-12(16-3)11(10)15/h4,6H,5,7-9H2,1-3H3,(H,16,17). The maximum atomic E-state index is 14.2. The molecule has 6 heteroatoms. The summed E-state index contributed by atoms with van der Waals surface area (Å²) in [5, 5.41) is 2.66. The van der Waals surface area contributed by atoms with Crippen LogP contribution in [0, 0.1) is 5.82 Å². The number of carbonyl (C=O) groups is 1. The first-order valence-electron chi connectivity index (χ1n) is 6.70. The Kier molecular flexibility index (Phi) is 4.52. The van der Waals surface area contributed by atoms with Gasteiger partial charge in [-0.2, -0.15) is 11.8 Å². The van der Waals surface area contributed by atoms with Crippen LogP contribution in [0.25, 0.3) is 0 Å². The zero-order valence-corrected chi connectivity index (χ0v) is 12.9. The summed E-state index contributed by atoms with van der Waals surface area (Å²) in [5.74, 6) is 0.167. The van der Waals surface area contributed by atoms with Gasteiger partial charge in [-0.3, -0.25) is 4.79 Å². The van der Waals surface area contributed by atoms with E-state index >= 15 is 0 Å². The van der Waals surface area contributed by atoms with Crippen molar-refractivity contribution < 1.29 is 9.18 Å². The maximum absolute atomic E-state index is 14.2. The van der Waals surface area contributed by atoms with Crippen LogP contribution in [0.4, 0.5) is 10.2 Å². The highest BCUT2D eigenvalue weighted by molar-refractivity contribution is 8.00. The molecule has 1 N–H and O–H groups in total. The Balaban J connectivity index is 2.19. The third-order valence-corrected chi connectivity index (χ3v) is 4.85. The smallest absolute Gasteiger partial charge is 0.257 e. The first-order chi connectivity index (χ1) is 9.44. The summed E-state index contributed by atoms with van der Waals surface area (Å²) in [4.78, 5) is 18.1. The lowest BCUT2D eigenvalue weighted by Crippen LogP contribution is -2.34. The highest BCUT2D eigenvalue weighted by Gasteiger charge is 2.28. The minimum Gasteiger partial charge on any atom is -0.371 e. The molecule has 1 amide bonds. The molecule has 0 atom stereocenters. The average molecular weight is 297 g/mol. The Morgan fingerprint density at radius 2 is 2.25 bits per heavy atom. The van der Waals surface area contributed by atoms with Crippen molar-refractivity contribution in [3.63, 3.8) is 0 Å². The highest BCUT2D eigenvalue weighted by atomic mass is 32.2. The van der Waals surface area contributed by atoms with Gasteiger partial charge >= 0.3 is 0 Å². The van der Waals surface area contributed by atoms with Crippen LogP contribution < -0.4 is 5.32 Å². The number of anilines is 1. The first-order valence-corrected chi connectivity index (χ1v) is 7.68. The van der Waals surface area contributed by atoms with Gasteiger partial charge in [-0.15, -0.1) is 0 Å². The number of thioether (sulfide) groups is 1. The van der Waals surface area contributed by atoms with Gasteiger partial charge in [0.2, 0.25) is 0 Å². The quantitative estimate of drug-likeness (QED) is 0.911. The van der Waals surface area contributed by atoms with Crippen LogP contribution >= 0.6 is 11.8 Å². The van der Waals surface area contributed by atoms with Crippen LogP contribution in [0.3, 0.4) is 0 Å². The number of pyridine rings is 1. The van der Waals surface area contributed by atoms with Gasteiger partial charge in [0.25, 0.3) is 5.91 Å². The summed E-state index contributed by atoms with van der Waals surface area (Å²) in [5.41, 5.74) is 0.0917. The second-order valence-corrected chi connectivity index (χ2v) is 7.22. The molecule has 0 saturated carbocycles. The van der Waals surface area contributed by atoms with Crippen molar-refractivity contribution in [2.45, 2.75) is 25.0 Å². The van der Waals surface area contributed by atoms with Gasteiger partial charge < -0.3 is 10.2 Å². The van der Waals surface area contributed by atoms with Crippen LogP contribution in [0.1, 0.15) is 30.6 Å². The lowest BCUT2D eigenvalue weighted by molar-refractivity contribution is 0.0760. The molecule has 20 heavy (non-hydrogen) atoms. The van der Waals surface area contributed by atoms with Gasteiger partial charge in [0.15, 0.2) is 11.6 Å². The van der Waals surface area contributed by atoms with E-state index in [2.05, 4.69) is 24.1 Å². The lowest BCUT2D eigenvalue weighted by atomic mass is 10.1. The molecule has 2 heterocycles. The minimum absolute atomic E-state index is 0.0917. The van der Waals surface area contributed by atoms with Crippen molar-refractivity contribution >= 4 is 23.5 Å². The highest BCUT2D eigenvalue weighted by Crippen LogP contribution is 2.31. The van der Waals surface area contributed by atoms with Crippen molar-refractivity contribution in [2.24, 2.45) is 0 Å². The van der Waals surface area contributed by atoms with Gasteiger partial charge in [-0.1, -0.05) is 13.8 Å². The van der Waals surface area contributed by atoms with Crippen LogP contribution in [0.5, 0.6) is 0 Å². The first kappa shape index (κ1) is 15.1. The summed E-state index contributed by atoms with van der Waals surface area (Å²) < 4.78 is 14.3. The molecule has 0 spiro atoms. The fourth-order valence-electron chi connectivity index (χ4n) is 2.18. The number of hydrogen-bond acceptors (Lipinski definition) is 4. The lowest BCUT2D eigenvalue weighted by Gasteiger charge is -2.23. The van der Waals surface area contributed by atoms with E-state index < -0.39 is 5.82 Å². The van der Waals surface area contributed by atoms with Gasteiger partial charge in [0, 0.05) is 36.8 Å². The summed E-state index contributed by atoms with van der Waals surface area (Å²) in [6.45, 7) is 5.68. The molecule has 110 valence electrons. The molecule has 1 aliphatic heterocycles. The minimum atomic E-state index is -0.573. The topological polar surface area (TPSA) is 45.2 Å². The van der Waals surface area contributed by atoms with E-state index in [-0.39, 0.29) is 22.0 Å². The molecule has 1 fully saturated rings. The Labute approximate surface area is 123 Å².